The van der Waals surface area contributed by atoms with Gasteiger partial charge in [0.1, 0.15) is 5.82 Å². The fraction of sp³-hybridized carbons (Fsp3) is 0.286. The van der Waals surface area contributed by atoms with Gasteiger partial charge in [0.2, 0.25) is 0 Å². The third-order valence-corrected chi connectivity index (χ3v) is 2.66. The van der Waals surface area contributed by atoms with Crippen molar-refractivity contribution in [3.63, 3.8) is 0 Å². The van der Waals surface area contributed by atoms with Crippen molar-refractivity contribution in [3.8, 4) is 5.75 Å². The fourth-order valence-electron chi connectivity index (χ4n) is 1.76. The summed E-state index contributed by atoms with van der Waals surface area (Å²) in [7, 11) is 0. The third kappa shape index (κ3) is 4.37. The molecule has 130 valence electrons. The summed E-state index contributed by atoms with van der Waals surface area (Å²) in [5.41, 5.74) is -1.05. The zero-order valence-electron chi connectivity index (χ0n) is 12.4. The van der Waals surface area contributed by atoms with Gasteiger partial charge in [0.15, 0.2) is 11.3 Å². The lowest BCUT2D eigenvalue weighted by Crippen LogP contribution is -2.42. The summed E-state index contributed by atoms with van der Waals surface area (Å²) in [6, 6.07) is 2.19. The van der Waals surface area contributed by atoms with Crippen molar-refractivity contribution in [2.75, 3.05) is 5.32 Å². The zero-order valence-corrected chi connectivity index (χ0v) is 12.4. The molecule has 0 spiro atoms. The number of nitrogens with one attached hydrogen (secondary N) is 1. The second-order valence-electron chi connectivity index (χ2n) is 5.07. The second-order valence-corrected chi connectivity index (χ2v) is 5.07. The van der Waals surface area contributed by atoms with Gasteiger partial charge in [-0.25, -0.2) is 14.0 Å². The number of benzene rings is 1. The van der Waals surface area contributed by atoms with E-state index in [1.807, 2.05) is 0 Å². The summed E-state index contributed by atoms with van der Waals surface area (Å²) >= 11 is 0. The number of carbonyl (C=O) groups excluding carboxylic acids is 2. The monoisotopic (exact) mass is 349 g/mol. The molecular weight excluding hydrogens is 338 g/mol. The Kier molecular flexibility index (Phi) is 4.41. The summed E-state index contributed by atoms with van der Waals surface area (Å²) in [5.74, 6) is -5.16. The summed E-state index contributed by atoms with van der Waals surface area (Å²) in [6.07, 6.45) is -4.26. The molecule has 1 aliphatic heterocycles. The van der Waals surface area contributed by atoms with Crippen molar-refractivity contribution >= 4 is 17.6 Å². The molecule has 0 saturated carbocycles. The van der Waals surface area contributed by atoms with Gasteiger partial charge in [-0.15, -0.1) is 13.2 Å². The van der Waals surface area contributed by atoms with E-state index in [0.29, 0.717) is 6.07 Å². The maximum absolute atomic E-state index is 13.2. The van der Waals surface area contributed by atoms with Crippen LogP contribution in [0, 0.1) is 5.82 Å². The van der Waals surface area contributed by atoms with Gasteiger partial charge < -0.3 is 19.5 Å². The van der Waals surface area contributed by atoms with Crippen molar-refractivity contribution in [2.45, 2.75) is 26.0 Å². The first-order valence-electron chi connectivity index (χ1n) is 6.45. The first kappa shape index (κ1) is 17.6. The van der Waals surface area contributed by atoms with Gasteiger partial charge >= 0.3 is 18.3 Å². The average molecular weight is 349 g/mol. The quantitative estimate of drug-likeness (QED) is 0.392. The summed E-state index contributed by atoms with van der Waals surface area (Å²) in [4.78, 5) is 23.4. The Bertz CT molecular complexity index is 690. The van der Waals surface area contributed by atoms with E-state index in [0.717, 1.165) is 18.3 Å². The first-order valence-corrected chi connectivity index (χ1v) is 6.45. The van der Waals surface area contributed by atoms with Gasteiger partial charge in [-0.2, -0.15) is 0 Å². The van der Waals surface area contributed by atoms with Crippen molar-refractivity contribution in [2.24, 2.45) is 0 Å². The van der Waals surface area contributed by atoms with Crippen LogP contribution in [0.3, 0.4) is 0 Å². The Hall–Kier alpha value is -2.78. The topological polar surface area (TPSA) is 73.9 Å². The molecule has 1 fully saturated rings. The number of halogens is 4. The molecule has 0 unspecified atom stereocenters. The van der Waals surface area contributed by atoms with Crippen molar-refractivity contribution in [1.29, 1.82) is 0 Å². The molecule has 2 rings (SSSR count). The molecule has 1 heterocycles. The molecule has 6 nitrogen and oxygen atoms in total. The fourth-order valence-corrected chi connectivity index (χ4v) is 1.76. The molecule has 0 radical (unpaired) electrons. The van der Waals surface area contributed by atoms with E-state index >= 15 is 0 Å². The lowest BCUT2D eigenvalue weighted by Gasteiger charge is -2.29. The highest BCUT2D eigenvalue weighted by Gasteiger charge is 2.39. The van der Waals surface area contributed by atoms with Crippen molar-refractivity contribution in [1.82, 2.24) is 0 Å². The van der Waals surface area contributed by atoms with Gasteiger partial charge in [0, 0.05) is 26.1 Å². The van der Waals surface area contributed by atoms with Crippen molar-refractivity contribution < 1.29 is 41.4 Å². The Labute approximate surface area is 133 Å². The van der Waals surface area contributed by atoms with Crippen LogP contribution in [0.25, 0.3) is 0 Å². The lowest BCUT2D eigenvalue weighted by molar-refractivity contribution is -0.274. The van der Waals surface area contributed by atoms with Gasteiger partial charge in [-0.1, -0.05) is 0 Å². The number of rotatable bonds is 3. The molecule has 10 heteroatoms. The van der Waals surface area contributed by atoms with Gasteiger partial charge in [0.25, 0.3) is 5.79 Å². The minimum Gasteiger partial charge on any atom is -0.419 e. The predicted molar refractivity (Wildman–Crippen MR) is 71.1 cm³/mol. The van der Waals surface area contributed by atoms with Gasteiger partial charge in [-0.3, -0.25) is 0 Å². The molecule has 1 aromatic carbocycles. The normalized spacial score (nSPS) is 17.0. The number of esters is 2. The van der Waals surface area contributed by atoms with Gasteiger partial charge in [-0.05, 0) is 12.1 Å². The summed E-state index contributed by atoms with van der Waals surface area (Å²) in [6.45, 7) is 2.66. The minimum absolute atomic E-state index is 0.453. The Morgan fingerprint density at radius 3 is 2.29 bits per heavy atom. The van der Waals surface area contributed by atoms with E-state index in [1.165, 1.54) is 13.8 Å². The van der Waals surface area contributed by atoms with Crippen LogP contribution in [-0.4, -0.2) is 24.1 Å². The minimum atomic E-state index is -5.01. The van der Waals surface area contributed by atoms with Crippen LogP contribution in [0.2, 0.25) is 0 Å². The Balaban J connectivity index is 2.26. The standard InChI is InChI=1S/C14H11F4NO5/c1-13(2)23-11(20)8(12(21)24-13)6-19-9-5-7(15)3-4-10(9)22-14(16,17)18/h3-6,19H,1-2H3. The molecule has 24 heavy (non-hydrogen) atoms. The van der Waals surface area contributed by atoms with Crippen LogP contribution < -0.4 is 10.1 Å². The van der Waals surface area contributed by atoms with Crippen LogP contribution >= 0.6 is 0 Å². The molecular formula is C14H11F4NO5. The summed E-state index contributed by atoms with van der Waals surface area (Å²) < 4.78 is 63.5. The van der Waals surface area contributed by atoms with Gasteiger partial charge in [0.05, 0.1) is 5.69 Å². The molecule has 1 saturated heterocycles. The highest BCUT2D eigenvalue weighted by Crippen LogP contribution is 2.31. The van der Waals surface area contributed by atoms with Crippen molar-refractivity contribution in [3.05, 3.63) is 35.8 Å². The molecule has 0 amide bonds. The predicted octanol–water partition coefficient (Wildman–Crippen LogP) is 2.86. The number of alkyl halides is 3. The molecule has 0 aliphatic carbocycles. The number of carbonyl (C=O) groups is 2. The van der Waals surface area contributed by atoms with Crippen LogP contribution in [0.5, 0.6) is 5.75 Å². The summed E-state index contributed by atoms with van der Waals surface area (Å²) in [5, 5.41) is 2.21. The van der Waals surface area contributed by atoms with E-state index in [-0.39, 0.29) is 0 Å². The van der Waals surface area contributed by atoms with E-state index in [4.69, 9.17) is 9.47 Å². The SMILES string of the molecule is CC1(C)OC(=O)C(=CNc2cc(F)ccc2OC(F)(F)F)C(=O)O1. The zero-order chi connectivity index (χ0) is 18.1. The van der Waals surface area contributed by atoms with Crippen LogP contribution in [0.1, 0.15) is 13.8 Å². The maximum atomic E-state index is 13.2. The molecule has 0 atom stereocenters. The molecule has 0 bridgehead atoms. The lowest BCUT2D eigenvalue weighted by atomic mass is 10.2. The Morgan fingerprint density at radius 2 is 1.75 bits per heavy atom. The first-order chi connectivity index (χ1) is 11.0. The number of hydrogen-bond donors (Lipinski definition) is 1. The number of hydrogen-bond acceptors (Lipinski definition) is 6. The average Bonchev–Trinajstić information content (AvgIpc) is 2.37. The van der Waals surface area contributed by atoms with E-state index in [2.05, 4.69) is 10.1 Å². The maximum Gasteiger partial charge on any atom is 0.573 e. The largest absolute Gasteiger partial charge is 0.573 e. The van der Waals surface area contributed by atoms with Crippen LogP contribution in [0.15, 0.2) is 30.0 Å². The molecule has 1 aliphatic rings. The third-order valence-electron chi connectivity index (χ3n) is 2.66. The highest BCUT2D eigenvalue weighted by molar-refractivity contribution is 6.15. The van der Waals surface area contributed by atoms with E-state index in [1.54, 1.807) is 0 Å². The second kappa shape index (κ2) is 6.02. The number of cyclic esters (lactones) is 2. The van der Waals surface area contributed by atoms with Crippen LogP contribution in [0.4, 0.5) is 23.2 Å². The smallest absolute Gasteiger partial charge is 0.419 e. The number of ether oxygens (including phenoxy) is 3. The Morgan fingerprint density at radius 1 is 1.17 bits per heavy atom. The molecule has 1 aromatic rings. The highest BCUT2D eigenvalue weighted by atomic mass is 19.4. The molecule has 0 aromatic heterocycles. The van der Waals surface area contributed by atoms with E-state index in [9.17, 15) is 27.2 Å². The molecule has 1 N–H and O–H groups in total. The van der Waals surface area contributed by atoms with Crippen LogP contribution in [-0.2, 0) is 19.1 Å². The van der Waals surface area contributed by atoms with E-state index < -0.39 is 46.9 Å². The number of anilines is 1.